The molecule has 1 aromatic heterocycles. The molecule has 0 spiro atoms. The minimum absolute atomic E-state index is 0.317. The summed E-state index contributed by atoms with van der Waals surface area (Å²) in [5.41, 5.74) is 4.09. The summed E-state index contributed by atoms with van der Waals surface area (Å²) in [5, 5.41) is 13.0. The van der Waals surface area contributed by atoms with E-state index in [1.54, 1.807) is 0 Å². The van der Waals surface area contributed by atoms with E-state index >= 15 is 0 Å². The Balaban J connectivity index is 1.46. The van der Waals surface area contributed by atoms with E-state index in [9.17, 15) is 0 Å². The van der Waals surface area contributed by atoms with Crippen LogP contribution in [0.15, 0.2) is 18.2 Å². The van der Waals surface area contributed by atoms with Crippen LogP contribution in [0.4, 0.5) is 5.69 Å². The van der Waals surface area contributed by atoms with Crippen molar-refractivity contribution in [3.05, 3.63) is 35.2 Å². The number of piperazine rings is 1. The summed E-state index contributed by atoms with van der Waals surface area (Å²) < 4.78 is 2.16. The van der Waals surface area contributed by atoms with Crippen LogP contribution in [-0.2, 0) is 0 Å². The molecule has 6 nitrogen and oxygen atoms in total. The topological polar surface area (TPSA) is 50.1 Å². The summed E-state index contributed by atoms with van der Waals surface area (Å²) in [6.07, 6.45) is 7.44. The fourth-order valence-corrected chi connectivity index (χ4v) is 4.94. The van der Waals surface area contributed by atoms with Gasteiger partial charge in [-0.25, -0.2) is 4.68 Å². The van der Waals surface area contributed by atoms with Crippen molar-refractivity contribution >= 4 is 5.69 Å². The average Bonchev–Trinajstić information content (AvgIpc) is 3.21. The van der Waals surface area contributed by atoms with Gasteiger partial charge in [0.15, 0.2) is 5.82 Å². The lowest BCUT2D eigenvalue weighted by molar-refractivity contribution is 0.163. The minimum atomic E-state index is 0.317. The molecule has 1 aromatic carbocycles. The van der Waals surface area contributed by atoms with Crippen LogP contribution in [-0.4, -0.2) is 51.3 Å². The Morgan fingerprint density at radius 3 is 2.50 bits per heavy atom. The Labute approximate surface area is 168 Å². The second kappa shape index (κ2) is 8.60. The van der Waals surface area contributed by atoms with Crippen LogP contribution in [0.5, 0.6) is 0 Å². The molecule has 152 valence electrons. The van der Waals surface area contributed by atoms with Crippen LogP contribution in [0.2, 0.25) is 0 Å². The van der Waals surface area contributed by atoms with E-state index in [4.69, 9.17) is 0 Å². The zero-order valence-electron chi connectivity index (χ0n) is 17.6. The number of hydrogen-bond acceptors (Lipinski definition) is 5. The van der Waals surface area contributed by atoms with Crippen molar-refractivity contribution in [2.75, 3.05) is 31.1 Å². The Kier molecular flexibility index (Phi) is 5.95. The molecule has 6 heteroatoms. The molecule has 4 rings (SSSR count). The summed E-state index contributed by atoms with van der Waals surface area (Å²) >= 11 is 0. The molecule has 1 aliphatic heterocycles. The van der Waals surface area contributed by atoms with Gasteiger partial charge in [-0.05, 0) is 60.7 Å². The lowest BCUT2D eigenvalue weighted by atomic mass is 9.95. The van der Waals surface area contributed by atoms with Crippen LogP contribution in [0.3, 0.4) is 0 Å². The SMILES string of the molecule is CCC(c1nnnn1C1CCCCC1)N1CCN(c2cc(C)ccc2C)CC1. The standard InChI is InChI=1S/C22H34N6/c1-4-20(22-23-24-25-28(22)19-8-6-5-7-9-19)26-12-14-27(15-13-26)21-16-17(2)10-11-18(21)3/h10-11,16,19-20H,4-9,12-15H2,1-3H3. The molecule has 1 saturated carbocycles. The van der Waals surface area contributed by atoms with Gasteiger partial charge < -0.3 is 4.90 Å². The van der Waals surface area contributed by atoms with Crippen molar-refractivity contribution < 1.29 is 0 Å². The molecular formula is C22H34N6. The van der Waals surface area contributed by atoms with Gasteiger partial charge in [-0.1, -0.05) is 38.3 Å². The van der Waals surface area contributed by atoms with Gasteiger partial charge in [-0.2, -0.15) is 0 Å². The molecule has 1 atom stereocenters. The number of hydrogen-bond donors (Lipinski definition) is 0. The maximum absolute atomic E-state index is 4.49. The minimum Gasteiger partial charge on any atom is -0.369 e. The number of aryl methyl sites for hydroxylation is 2. The first-order valence-electron chi connectivity index (χ1n) is 11.0. The zero-order chi connectivity index (χ0) is 19.5. The molecule has 2 fully saturated rings. The number of benzene rings is 1. The number of aromatic nitrogens is 4. The Morgan fingerprint density at radius 1 is 1.04 bits per heavy atom. The fourth-order valence-electron chi connectivity index (χ4n) is 4.94. The molecule has 2 aromatic rings. The number of rotatable bonds is 5. The molecule has 0 amide bonds. The Morgan fingerprint density at radius 2 is 1.79 bits per heavy atom. The number of tetrazole rings is 1. The van der Waals surface area contributed by atoms with Crippen molar-refractivity contribution in [3.8, 4) is 0 Å². The first-order chi connectivity index (χ1) is 13.7. The molecule has 0 N–H and O–H groups in total. The van der Waals surface area contributed by atoms with E-state index < -0.39 is 0 Å². The first kappa shape index (κ1) is 19.4. The van der Waals surface area contributed by atoms with Gasteiger partial charge >= 0.3 is 0 Å². The van der Waals surface area contributed by atoms with Crippen LogP contribution in [0.25, 0.3) is 0 Å². The van der Waals surface area contributed by atoms with E-state index in [2.05, 4.69) is 69.0 Å². The normalized spacial score (nSPS) is 20.5. The van der Waals surface area contributed by atoms with E-state index in [-0.39, 0.29) is 0 Å². The summed E-state index contributed by atoms with van der Waals surface area (Å²) in [7, 11) is 0. The largest absolute Gasteiger partial charge is 0.369 e. The number of anilines is 1. The quantitative estimate of drug-likeness (QED) is 0.780. The smallest absolute Gasteiger partial charge is 0.168 e. The molecule has 28 heavy (non-hydrogen) atoms. The summed E-state index contributed by atoms with van der Waals surface area (Å²) in [5.74, 6) is 1.08. The average molecular weight is 383 g/mol. The molecule has 2 aliphatic rings. The van der Waals surface area contributed by atoms with Gasteiger partial charge in [0.2, 0.25) is 0 Å². The van der Waals surface area contributed by atoms with Crippen LogP contribution in [0.1, 0.15) is 74.5 Å². The summed E-state index contributed by atoms with van der Waals surface area (Å²) in [6.45, 7) is 10.9. The Hall–Kier alpha value is -1.95. The second-order valence-corrected chi connectivity index (χ2v) is 8.51. The monoisotopic (exact) mass is 382 g/mol. The highest BCUT2D eigenvalue weighted by atomic mass is 15.6. The predicted molar refractivity (Wildman–Crippen MR) is 113 cm³/mol. The fraction of sp³-hybridized carbons (Fsp3) is 0.682. The maximum Gasteiger partial charge on any atom is 0.168 e. The predicted octanol–water partition coefficient (Wildman–Crippen LogP) is 4.07. The molecule has 1 saturated heterocycles. The lowest BCUT2D eigenvalue weighted by Gasteiger charge is -2.40. The second-order valence-electron chi connectivity index (χ2n) is 8.51. The van der Waals surface area contributed by atoms with E-state index in [0.29, 0.717) is 12.1 Å². The third-order valence-corrected chi connectivity index (χ3v) is 6.58. The zero-order valence-corrected chi connectivity index (χ0v) is 17.6. The van der Waals surface area contributed by atoms with Gasteiger partial charge in [0.1, 0.15) is 0 Å². The van der Waals surface area contributed by atoms with E-state index in [0.717, 1.165) is 38.4 Å². The summed E-state index contributed by atoms with van der Waals surface area (Å²) in [4.78, 5) is 5.13. The highest BCUT2D eigenvalue weighted by molar-refractivity contribution is 5.55. The van der Waals surface area contributed by atoms with Crippen LogP contribution in [0, 0.1) is 13.8 Å². The highest BCUT2D eigenvalue weighted by Crippen LogP contribution is 2.32. The van der Waals surface area contributed by atoms with Crippen molar-refractivity contribution in [2.45, 2.75) is 71.4 Å². The molecule has 0 bridgehead atoms. The molecule has 0 radical (unpaired) electrons. The maximum atomic E-state index is 4.49. The Bertz CT molecular complexity index is 771. The molecule has 1 aliphatic carbocycles. The van der Waals surface area contributed by atoms with Crippen LogP contribution < -0.4 is 4.90 Å². The number of nitrogens with zero attached hydrogens (tertiary/aromatic N) is 6. The van der Waals surface area contributed by atoms with Gasteiger partial charge in [-0.15, -0.1) is 5.10 Å². The molecule has 2 heterocycles. The van der Waals surface area contributed by atoms with E-state index in [1.807, 2.05) is 0 Å². The molecular weight excluding hydrogens is 348 g/mol. The van der Waals surface area contributed by atoms with Crippen molar-refractivity contribution in [3.63, 3.8) is 0 Å². The van der Waals surface area contributed by atoms with Gasteiger partial charge in [-0.3, -0.25) is 4.90 Å². The van der Waals surface area contributed by atoms with Gasteiger partial charge in [0.25, 0.3) is 0 Å². The van der Waals surface area contributed by atoms with Crippen LogP contribution >= 0.6 is 0 Å². The highest BCUT2D eigenvalue weighted by Gasteiger charge is 2.30. The third kappa shape index (κ3) is 3.93. The summed E-state index contributed by atoms with van der Waals surface area (Å²) in [6, 6.07) is 7.57. The van der Waals surface area contributed by atoms with Gasteiger partial charge in [0, 0.05) is 31.9 Å². The molecule has 1 unspecified atom stereocenters. The third-order valence-electron chi connectivity index (χ3n) is 6.58. The van der Waals surface area contributed by atoms with E-state index in [1.165, 1.54) is 48.9 Å². The van der Waals surface area contributed by atoms with Crippen molar-refractivity contribution in [1.29, 1.82) is 0 Å². The van der Waals surface area contributed by atoms with Gasteiger partial charge in [0.05, 0.1) is 12.1 Å². The van der Waals surface area contributed by atoms with Crippen molar-refractivity contribution in [2.24, 2.45) is 0 Å². The van der Waals surface area contributed by atoms with Crippen molar-refractivity contribution in [1.82, 2.24) is 25.1 Å². The lowest BCUT2D eigenvalue weighted by Crippen LogP contribution is -2.48. The first-order valence-corrected chi connectivity index (χ1v) is 11.0.